The molecule has 0 bridgehead atoms. The molecule has 0 saturated heterocycles. The van der Waals surface area contributed by atoms with Crippen LogP contribution in [0.2, 0.25) is 0 Å². The van der Waals surface area contributed by atoms with E-state index in [0.29, 0.717) is 11.6 Å². The van der Waals surface area contributed by atoms with Gasteiger partial charge in [0.2, 0.25) is 0 Å². The van der Waals surface area contributed by atoms with Crippen LogP contribution in [0.3, 0.4) is 0 Å². The average molecular weight is 348 g/mol. The lowest BCUT2D eigenvalue weighted by molar-refractivity contribution is 0.101. The zero-order valence-corrected chi connectivity index (χ0v) is 15.6. The molecule has 0 unspecified atom stereocenters. The first-order chi connectivity index (χ1) is 12.5. The molecule has 0 N–H and O–H groups in total. The highest BCUT2D eigenvalue weighted by molar-refractivity contribution is 6.05. The van der Waals surface area contributed by atoms with E-state index in [9.17, 15) is 9.59 Å². The molecule has 134 valence electrons. The Hall–Kier alpha value is -2.62. The summed E-state index contributed by atoms with van der Waals surface area (Å²) in [6, 6.07) is 12.5. The summed E-state index contributed by atoms with van der Waals surface area (Å²) in [5.74, 6) is 0.00442. The minimum Gasteiger partial charge on any atom is -0.294 e. The van der Waals surface area contributed by atoms with Gasteiger partial charge in [0.1, 0.15) is 0 Å². The topological polar surface area (TPSA) is 44.0 Å². The quantitative estimate of drug-likeness (QED) is 0.496. The predicted octanol–water partition coefficient (Wildman–Crippen LogP) is 4.63. The monoisotopic (exact) mass is 348 g/mol. The van der Waals surface area contributed by atoms with Crippen molar-refractivity contribution >= 4 is 16.8 Å². The number of imidazole rings is 1. The number of carbonyl (C=O) groups excluding carboxylic acids is 1. The number of fused-ring (bicyclic) bond motifs is 2. The highest BCUT2D eigenvalue weighted by Crippen LogP contribution is 2.35. The third-order valence-electron chi connectivity index (χ3n) is 5.50. The largest absolute Gasteiger partial charge is 0.329 e. The number of ketones is 1. The van der Waals surface area contributed by atoms with Gasteiger partial charge in [-0.15, -0.1) is 0 Å². The number of rotatable bonds is 2. The molecule has 1 fully saturated rings. The van der Waals surface area contributed by atoms with E-state index >= 15 is 0 Å². The Labute approximate surface area is 153 Å². The zero-order chi connectivity index (χ0) is 18.4. The summed E-state index contributed by atoms with van der Waals surface area (Å²) in [4.78, 5) is 24.2. The molecule has 3 aliphatic rings. The van der Waals surface area contributed by atoms with Gasteiger partial charge in [-0.25, -0.2) is 4.79 Å². The maximum absolute atomic E-state index is 12.5. The second kappa shape index (κ2) is 6.27. The maximum atomic E-state index is 12.5. The van der Waals surface area contributed by atoms with E-state index in [2.05, 4.69) is 25.1 Å². The van der Waals surface area contributed by atoms with Crippen LogP contribution >= 0.6 is 0 Å². The van der Waals surface area contributed by atoms with Gasteiger partial charge >= 0.3 is 5.69 Å². The van der Waals surface area contributed by atoms with Gasteiger partial charge < -0.3 is 0 Å². The van der Waals surface area contributed by atoms with Crippen molar-refractivity contribution in [3.63, 3.8) is 0 Å². The van der Waals surface area contributed by atoms with Crippen molar-refractivity contribution in [1.82, 2.24) is 9.13 Å². The minimum absolute atomic E-state index is 0.00407. The summed E-state index contributed by atoms with van der Waals surface area (Å²) in [6.07, 6.45) is 4.48. The molecule has 2 aromatic rings. The van der Waals surface area contributed by atoms with Crippen molar-refractivity contribution < 1.29 is 4.79 Å². The van der Waals surface area contributed by atoms with Gasteiger partial charge in [0.15, 0.2) is 5.78 Å². The molecule has 1 aromatic heterocycles. The highest BCUT2D eigenvalue weighted by Gasteiger charge is 2.24. The van der Waals surface area contributed by atoms with Crippen molar-refractivity contribution in [3.05, 3.63) is 58.0 Å². The Morgan fingerprint density at radius 1 is 1.08 bits per heavy atom. The van der Waals surface area contributed by atoms with Crippen LogP contribution in [0.15, 0.2) is 41.2 Å². The van der Waals surface area contributed by atoms with Crippen LogP contribution in [0, 0.1) is 6.92 Å². The van der Waals surface area contributed by atoms with Crippen LogP contribution in [0.5, 0.6) is 0 Å². The summed E-state index contributed by atoms with van der Waals surface area (Å²) in [7, 11) is 1.75. The summed E-state index contributed by atoms with van der Waals surface area (Å²) in [5.41, 5.74) is 6.57. The molecule has 5 rings (SSSR count). The minimum atomic E-state index is -0.00407. The molecule has 26 heavy (non-hydrogen) atoms. The number of aryl methyl sites for hydroxylation is 2. The van der Waals surface area contributed by atoms with Gasteiger partial charge in [-0.2, -0.15) is 0 Å². The lowest BCUT2D eigenvalue weighted by Crippen LogP contribution is -2.24. The molecule has 0 radical (unpaired) electrons. The normalized spacial score (nSPS) is 15.0. The van der Waals surface area contributed by atoms with E-state index in [-0.39, 0.29) is 11.5 Å². The molecule has 0 amide bonds. The molecule has 1 saturated carbocycles. The van der Waals surface area contributed by atoms with Gasteiger partial charge in [0, 0.05) is 18.7 Å². The first-order valence-electron chi connectivity index (χ1n) is 9.30. The Morgan fingerprint density at radius 2 is 1.73 bits per heavy atom. The third kappa shape index (κ3) is 2.79. The zero-order valence-electron chi connectivity index (χ0n) is 15.6. The van der Waals surface area contributed by atoms with E-state index in [1.807, 2.05) is 16.7 Å². The molecular formula is C22H24N2O2. The Morgan fingerprint density at radius 3 is 2.27 bits per heavy atom. The Kier molecular flexibility index (Phi) is 4.06. The standard InChI is InChI=1S/C15H18N2O2.C7H6/c1-10(18)12-8-5-9-13-14(12)16(2)15(19)17(13)11-6-3-4-7-11;1-5-2-6-4-7(6)3-5/h5,8-9,11H,3-4,6-7H2,1-2H3;2-4H,1H3. The van der Waals surface area contributed by atoms with E-state index in [1.165, 1.54) is 29.5 Å². The maximum Gasteiger partial charge on any atom is 0.329 e. The van der Waals surface area contributed by atoms with Gasteiger partial charge in [-0.1, -0.05) is 31.0 Å². The number of benzene rings is 2. The van der Waals surface area contributed by atoms with Crippen molar-refractivity contribution in [2.75, 3.05) is 0 Å². The van der Waals surface area contributed by atoms with Crippen molar-refractivity contribution in [2.45, 2.75) is 45.6 Å². The lowest BCUT2D eigenvalue weighted by atomic mass is 10.1. The first-order valence-corrected chi connectivity index (χ1v) is 9.30. The summed E-state index contributed by atoms with van der Waals surface area (Å²) >= 11 is 0. The van der Waals surface area contributed by atoms with E-state index in [4.69, 9.17) is 0 Å². The fraction of sp³-hybridized carbons (Fsp3) is 0.364. The summed E-state index contributed by atoms with van der Waals surface area (Å²) in [6.45, 7) is 3.67. The molecular weight excluding hydrogens is 324 g/mol. The number of aromatic nitrogens is 2. The number of carbonyl (C=O) groups is 1. The van der Waals surface area contributed by atoms with E-state index < -0.39 is 0 Å². The number of Topliss-reactive ketones (excluding diaryl/α,β-unsaturated/α-hetero) is 1. The lowest BCUT2D eigenvalue weighted by Gasteiger charge is -2.11. The second-order valence-corrected chi connectivity index (χ2v) is 7.47. The van der Waals surface area contributed by atoms with Gasteiger partial charge in [-0.05, 0) is 61.6 Å². The smallest absolute Gasteiger partial charge is 0.294 e. The molecule has 0 atom stereocenters. The van der Waals surface area contributed by atoms with E-state index in [0.717, 1.165) is 23.9 Å². The molecule has 0 spiro atoms. The van der Waals surface area contributed by atoms with Crippen LogP contribution < -0.4 is 5.69 Å². The number of nitrogens with zero attached hydrogens (tertiary/aromatic N) is 2. The summed E-state index contributed by atoms with van der Waals surface area (Å²) < 4.78 is 3.50. The van der Waals surface area contributed by atoms with Gasteiger partial charge in [0.05, 0.1) is 11.0 Å². The molecule has 4 nitrogen and oxygen atoms in total. The van der Waals surface area contributed by atoms with Crippen molar-refractivity contribution in [1.29, 1.82) is 0 Å². The second-order valence-electron chi connectivity index (χ2n) is 7.47. The molecule has 1 heterocycles. The van der Waals surface area contributed by atoms with Crippen LogP contribution in [0.25, 0.3) is 22.2 Å². The fourth-order valence-corrected chi connectivity index (χ4v) is 4.15. The predicted molar refractivity (Wildman–Crippen MR) is 105 cm³/mol. The number of para-hydroxylation sites is 1. The molecule has 4 heteroatoms. The van der Waals surface area contributed by atoms with E-state index in [1.54, 1.807) is 24.6 Å². The van der Waals surface area contributed by atoms with Crippen LogP contribution in [-0.4, -0.2) is 14.9 Å². The average Bonchev–Trinajstić information content (AvgIpc) is 2.97. The van der Waals surface area contributed by atoms with Crippen molar-refractivity contribution in [3.8, 4) is 11.1 Å². The molecule has 0 aliphatic heterocycles. The van der Waals surface area contributed by atoms with Crippen LogP contribution in [0.4, 0.5) is 0 Å². The molecule has 1 aromatic carbocycles. The van der Waals surface area contributed by atoms with Crippen molar-refractivity contribution in [2.24, 2.45) is 7.05 Å². The van der Waals surface area contributed by atoms with Gasteiger partial charge in [0.25, 0.3) is 0 Å². The van der Waals surface area contributed by atoms with Crippen LogP contribution in [0.1, 0.15) is 54.6 Å². The first kappa shape index (κ1) is 16.8. The highest BCUT2D eigenvalue weighted by atomic mass is 16.2. The molecule has 3 aliphatic carbocycles. The SMILES string of the molecule is CC(=O)c1cccc2c1n(C)c(=O)n2C1CCCC1.Cc1cc2cc-2c1. The number of hydrogen-bond acceptors (Lipinski definition) is 2. The number of hydrogen-bond donors (Lipinski definition) is 0. The Bertz CT molecular complexity index is 1050. The van der Waals surface area contributed by atoms with Crippen LogP contribution in [-0.2, 0) is 7.05 Å². The van der Waals surface area contributed by atoms with Gasteiger partial charge in [-0.3, -0.25) is 13.9 Å². The third-order valence-corrected chi connectivity index (χ3v) is 5.50. The Balaban J connectivity index is 0.000000198. The summed E-state index contributed by atoms with van der Waals surface area (Å²) in [5, 5.41) is 0. The fourth-order valence-electron chi connectivity index (χ4n) is 4.15.